The number of ketones is 1. The summed E-state index contributed by atoms with van der Waals surface area (Å²) in [5, 5.41) is 3.71. The zero-order valence-electron chi connectivity index (χ0n) is 19.2. The number of hydrogen-bond acceptors (Lipinski definition) is 2. The van der Waals surface area contributed by atoms with Gasteiger partial charge in [0.05, 0.1) is 0 Å². The highest BCUT2D eigenvalue weighted by molar-refractivity contribution is 6.06. The lowest BCUT2D eigenvalue weighted by Gasteiger charge is -2.24. The highest BCUT2D eigenvalue weighted by atomic mass is 16.1. The van der Waals surface area contributed by atoms with Crippen molar-refractivity contribution in [2.24, 2.45) is 5.92 Å². The molecule has 2 unspecified atom stereocenters. The zero-order valence-corrected chi connectivity index (χ0v) is 19.2. The van der Waals surface area contributed by atoms with Gasteiger partial charge in [-0.1, -0.05) is 97.5 Å². The Morgan fingerprint density at radius 2 is 1.72 bits per heavy atom. The van der Waals surface area contributed by atoms with Crippen LogP contribution in [0.2, 0.25) is 0 Å². The molecule has 1 N–H and O–H groups in total. The Bertz CT molecular complexity index is 1060. The summed E-state index contributed by atoms with van der Waals surface area (Å²) in [6.07, 6.45) is 12.1. The molecule has 2 aromatic rings. The van der Waals surface area contributed by atoms with Gasteiger partial charge in [-0.3, -0.25) is 4.79 Å². The monoisotopic (exact) mass is 423 g/mol. The van der Waals surface area contributed by atoms with E-state index in [2.05, 4.69) is 104 Å². The molecule has 1 aliphatic heterocycles. The normalized spacial score (nSPS) is 19.4. The predicted octanol–water partition coefficient (Wildman–Crippen LogP) is 6.78. The fraction of sp³-hybridized carbons (Fsp3) is 0.300. The first-order chi connectivity index (χ1) is 15.6. The summed E-state index contributed by atoms with van der Waals surface area (Å²) in [5.74, 6) is 0.405. The molecule has 0 saturated heterocycles. The summed E-state index contributed by atoms with van der Waals surface area (Å²) in [6, 6.07) is 21.4. The standard InChI is InChI=1S/C30H33NO/c1-22(29(32)18-17-24-11-9-10-12-24)21-28-23(2)30(26-15-7-4-8-16-26)27(19-20-31-28)25-13-5-3-6-14-25/h3-11,13-16,19,22,28,31H,12,17-18,20-21H2,1-2H3. The van der Waals surface area contributed by atoms with Crippen LogP contribution >= 0.6 is 0 Å². The van der Waals surface area contributed by atoms with Crippen LogP contribution in [0.1, 0.15) is 50.7 Å². The Hall–Kier alpha value is -2.97. The topological polar surface area (TPSA) is 29.1 Å². The molecule has 1 aliphatic carbocycles. The van der Waals surface area contributed by atoms with Gasteiger partial charge in [0.1, 0.15) is 5.78 Å². The molecule has 2 atom stereocenters. The van der Waals surface area contributed by atoms with Gasteiger partial charge in [-0.25, -0.2) is 0 Å². The molecule has 0 bridgehead atoms. The van der Waals surface area contributed by atoms with Gasteiger partial charge in [0.25, 0.3) is 0 Å². The third kappa shape index (κ3) is 5.26. The third-order valence-corrected chi connectivity index (χ3v) is 6.68. The first kappa shape index (κ1) is 22.2. The number of benzene rings is 2. The smallest absolute Gasteiger partial charge is 0.136 e. The van der Waals surface area contributed by atoms with Crippen LogP contribution in [-0.2, 0) is 4.79 Å². The van der Waals surface area contributed by atoms with E-state index in [1.165, 1.54) is 33.4 Å². The molecular formula is C30H33NO. The Kier molecular flexibility index (Phi) is 7.34. The van der Waals surface area contributed by atoms with Crippen molar-refractivity contribution in [2.75, 3.05) is 6.54 Å². The zero-order chi connectivity index (χ0) is 22.3. The van der Waals surface area contributed by atoms with Crippen LogP contribution in [0, 0.1) is 5.92 Å². The van der Waals surface area contributed by atoms with Crippen molar-refractivity contribution >= 4 is 16.9 Å². The molecule has 0 amide bonds. The van der Waals surface area contributed by atoms with Crippen LogP contribution in [0.15, 0.2) is 96.1 Å². The van der Waals surface area contributed by atoms with E-state index in [0.29, 0.717) is 12.2 Å². The highest BCUT2D eigenvalue weighted by Gasteiger charge is 2.25. The van der Waals surface area contributed by atoms with Gasteiger partial charge in [0.2, 0.25) is 0 Å². The molecule has 4 rings (SSSR count). The number of allylic oxidation sites excluding steroid dienone is 6. The van der Waals surface area contributed by atoms with Crippen molar-refractivity contribution < 1.29 is 4.79 Å². The van der Waals surface area contributed by atoms with E-state index in [9.17, 15) is 4.79 Å². The average Bonchev–Trinajstić information content (AvgIpc) is 3.30. The lowest BCUT2D eigenvalue weighted by molar-refractivity contribution is -0.122. The predicted molar refractivity (Wildman–Crippen MR) is 135 cm³/mol. The lowest BCUT2D eigenvalue weighted by Crippen LogP contribution is -2.33. The molecule has 2 heteroatoms. The van der Waals surface area contributed by atoms with Gasteiger partial charge in [0, 0.05) is 24.9 Å². The van der Waals surface area contributed by atoms with Crippen molar-refractivity contribution in [2.45, 2.75) is 45.6 Å². The minimum Gasteiger partial charge on any atom is -0.307 e. The maximum Gasteiger partial charge on any atom is 0.136 e. The molecule has 0 radical (unpaired) electrons. The second-order valence-corrected chi connectivity index (χ2v) is 8.93. The summed E-state index contributed by atoms with van der Waals surface area (Å²) in [5.41, 5.74) is 7.70. The highest BCUT2D eigenvalue weighted by Crippen LogP contribution is 2.37. The largest absolute Gasteiger partial charge is 0.307 e. The molecule has 0 saturated carbocycles. The maximum absolute atomic E-state index is 12.9. The van der Waals surface area contributed by atoms with Gasteiger partial charge in [-0.2, -0.15) is 0 Å². The number of rotatable bonds is 8. The van der Waals surface area contributed by atoms with Crippen LogP contribution in [-0.4, -0.2) is 18.4 Å². The molecular weight excluding hydrogens is 390 g/mol. The van der Waals surface area contributed by atoms with Gasteiger partial charge >= 0.3 is 0 Å². The second-order valence-electron chi connectivity index (χ2n) is 8.93. The first-order valence-corrected chi connectivity index (χ1v) is 11.8. The second kappa shape index (κ2) is 10.6. The summed E-state index contributed by atoms with van der Waals surface area (Å²) in [6.45, 7) is 5.12. The Morgan fingerprint density at radius 3 is 2.38 bits per heavy atom. The molecule has 2 aromatic carbocycles. The quantitative estimate of drug-likeness (QED) is 0.507. The van der Waals surface area contributed by atoms with E-state index in [0.717, 1.165) is 25.8 Å². The molecule has 0 spiro atoms. The summed E-state index contributed by atoms with van der Waals surface area (Å²) in [4.78, 5) is 12.9. The molecule has 0 fully saturated rings. The van der Waals surface area contributed by atoms with Gasteiger partial charge in [0.15, 0.2) is 0 Å². The molecule has 164 valence electrons. The number of carbonyl (C=O) groups excluding carboxylic acids is 1. The van der Waals surface area contributed by atoms with E-state index in [1.54, 1.807) is 0 Å². The van der Waals surface area contributed by atoms with Crippen molar-refractivity contribution in [1.29, 1.82) is 0 Å². The van der Waals surface area contributed by atoms with Crippen molar-refractivity contribution in [1.82, 2.24) is 5.32 Å². The molecule has 0 aromatic heterocycles. The Balaban J connectivity index is 1.57. The van der Waals surface area contributed by atoms with E-state index in [1.807, 2.05) is 0 Å². The van der Waals surface area contributed by atoms with E-state index >= 15 is 0 Å². The molecule has 32 heavy (non-hydrogen) atoms. The van der Waals surface area contributed by atoms with Crippen LogP contribution in [0.4, 0.5) is 0 Å². The van der Waals surface area contributed by atoms with Crippen LogP contribution in [0.3, 0.4) is 0 Å². The lowest BCUT2D eigenvalue weighted by atomic mass is 9.84. The summed E-state index contributed by atoms with van der Waals surface area (Å²) < 4.78 is 0. The third-order valence-electron chi connectivity index (χ3n) is 6.68. The average molecular weight is 424 g/mol. The van der Waals surface area contributed by atoms with Crippen LogP contribution < -0.4 is 5.32 Å². The van der Waals surface area contributed by atoms with E-state index in [4.69, 9.17) is 0 Å². The number of carbonyl (C=O) groups is 1. The number of nitrogens with one attached hydrogen (secondary N) is 1. The summed E-state index contributed by atoms with van der Waals surface area (Å²) in [7, 11) is 0. The van der Waals surface area contributed by atoms with E-state index < -0.39 is 0 Å². The number of Topliss-reactive ketones (excluding diaryl/α,β-unsaturated/α-hetero) is 1. The van der Waals surface area contributed by atoms with Crippen molar-refractivity contribution in [3.05, 3.63) is 107 Å². The van der Waals surface area contributed by atoms with Crippen LogP contribution in [0.5, 0.6) is 0 Å². The minimum absolute atomic E-state index is 0.0349. The van der Waals surface area contributed by atoms with Crippen LogP contribution in [0.25, 0.3) is 11.1 Å². The Labute approximate surface area is 192 Å². The Morgan fingerprint density at radius 1 is 1.03 bits per heavy atom. The van der Waals surface area contributed by atoms with Crippen molar-refractivity contribution in [3.63, 3.8) is 0 Å². The van der Waals surface area contributed by atoms with Gasteiger partial charge < -0.3 is 5.32 Å². The molecule has 2 nitrogen and oxygen atoms in total. The summed E-state index contributed by atoms with van der Waals surface area (Å²) >= 11 is 0. The number of hydrogen-bond donors (Lipinski definition) is 1. The van der Waals surface area contributed by atoms with Crippen molar-refractivity contribution in [3.8, 4) is 0 Å². The SMILES string of the molecule is CC1=C(c2ccccc2)C(c2ccccc2)=CCNC1CC(C)C(=O)CCC1=CC=CC1. The van der Waals surface area contributed by atoms with E-state index in [-0.39, 0.29) is 12.0 Å². The maximum atomic E-state index is 12.9. The first-order valence-electron chi connectivity index (χ1n) is 11.8. The minimum atomic E-state index is 0.0349. The molecule has 2 aliphatic rings. The van der Waals surface area contributed by atoms with Gasteiger partial charge in [-0.15, -0.1) is 0 Å². The fourth-order valence-corrected chi connectivity index (χ4v) is 4.77. The molecule has 1 heterocycles. The van der Waals surface area contributed by atoms with Gasteiger partial charge in [-0.05, 0) is 54.0 Å². The fourth-order valence-electron chi connectivity index (χ4n) is 4.77.